The van der Waals surface area contributed by atoms with Gasteiger partial charge in [-0.2, -0.15) is 5.10 Å². The van der Waals surface area contributed by atoms with E-state index in [9.17, 15) is 4.79 Å². The molecule has 0 spiro atoms. The van der Waals surface area contributed by atoms with Crippen LogP contribution in [0.4, 0.5) is 5.69 Å². The van der Waals surface area contributed by atoms with Crippen LogP contribution in [-0.4, -0.2) is 84.3 Å². The molecule has 0 aliphatic carbocycles. The largest absolute Gasteiger partial charge is 0.356 e. The fraction of sp³-hybridized carbons (Fsp3) is 0.737. The summed E-state index contributed by atoms with van der Waals surface area (Å²) in [7, 11) is 3.65. The molecule has 2 aliphatic heterocycles. The smallest absolute Gasteiger partial charge is 0.246 e. The van der Waals surface area contributed by atoms with E-state index in [1.54, 1.807) is 22.8 Å². The van der Waals surface area contributed by atoms with E-state index < -0.39 is 0 Å². The quantitative estimate of drug-likeness (QED) is 0.285. The van der Waals surface area contributed by atoms with Gasteiger partial charge in [-0.1, -0.05) is 6.92 Å². The molecule has 2 saturated heterocycles. The molecule has 1 amide bonds. The lowest BCUT2D eigenvalue weighted by atomic mass is 9.99. The zero-order valence-electron chi connectivity index (χ0n) is 17.3. The number of nitrogens with one attached hydrogen (secondary N) is 1. The van der Waals surface area contributed by atoms with E-state index in [1.165, 1.54) is 25.9 Å². The third-order valence-electron chi connectivity index (χ3n) is 5.55. The molecule has 158 valence electrons. The summed E-state index contributed by atoms with van der Waals surface area (Å²) in [4.78, 5) is 23.3. The van der Waals surface area contributed by atoms with Crippen molar-refractivity contribution in [2.75, 3.05) is 57.8 Å². The lowest BCUT2D eigenvalue weighted by Gasteiger charge is -2.35. The monoisotopic (exact) mass is 503 g/mol. The number of carbonyl (C=O) groups excluding carboxylic acids is 1. The van der Waals surface area contributed by atoms with Gasteiger partial charge < -0.3 is 20.0 Å². The normalized spacial score (nSPS) is 19.7. The number of amides is 1. The van der Waals surface area contributed by atoms with Gasteiger partial charge in [0.2, 0.25) is 5.91 Å². The van der Waals surface area contributed by atoms with Crippen LogP contribution >= 0.6 is 24.0 Å². The van der Waals surface area contributed by atoms with Crippen LogP contribution in [0.1, 0.15) is 26.2 Å². The Morgan fingerprint density at radius 2 is 2.04 bits per heavy atom. The molecule has 8 nitrogen and oxygen atoms in total. The van der Waals surface area contributed by atoms with E-state index >= 15 is 0 Å². The summed E-state index contributed by atoms with van der Waals surface area (Å²) in [5, 5.41) is 7.59. The molecule has 0 saturated carbocycles. The highest BCUT2D eigenvalue weighted by Crippen LogP contribution is 2.17. The predicted molar refractivity (Wildman–Crippen MR) is 123 cm³/mol. The van der Waals surface area contributed by atoms with E-state index in [-0.39, 0.29) is 29.9 Å². The Morgan fingerprint density at radius 3 is 2.64 bits per heavy atom. The van der Waals surface area contributed by atoms with Crippen molar-refractivity contribution in [3.05, 3.63) is 12.4 Å². The first kappa shape index (κ1) is 22.9. The lowest BCUT2D eigenvalue weighted by Crippen LogP contribution is -2.55. The number of hydrogen-bond donors (Lipinski definition) is 1. The van der Waals surface area contributed by atoms with Gasteiger partial charge in [-0.3, -0.25) is 14.5 Å². The Kier molecular flexibility index (Phi) is 9.00. The van der Waals surface area contributed by atoms with Crippen LogP contribution in [0.5, 0.6) is 0 Å². The topological polar surface area (TPSA) is 69.0 Å². The Bertz CT molecular complexity index is 654. The minimum absolute atomic E-state index is 0. The highest BCUT2D eigenvalue weighted by atomic mass is 127. The highest BCUT2D eigenvalue weighted by Gasteiger charge is 2.27. The van der Waals surface area contributed by atoms with Gasteiger partial charge in [0.25, 0.3) is 0 Å². The predicted octanol–water partition coefficient (Wildman–Crippen LogP) is 1.38. The number of piperidine rings is 1. The van der Waals surface area contributed by atoms with E-state index in [0.717, 1.165) is 43.6 Å². The second kappa shape index (κ2) is 11.0. The van der Waals surface area contributed by atoms with E-state index in [1.807, 2.05) is 18.1 Å². The van der Waals surface area contributed by atoms with Crippen molar-refractivity contribution in [1.29, 1.82) is 0 Å². The SMILES string of the molecule is CN=C(NCCCN1CCC(C)CC1)N1CCN(c2cnn(C)c2)C(=O)C1.I. The molecular formula is C19H34IN7O. The molecule has 0 aromatic carbocycles. The maximum atomic E-state index is 12.6. The van der Waals surface area contributed by atoms with Gasteiger partial charge >= 0.3 is 0 Å². The summed E-state index contributed by atoms with van der Waals surface area (Å²) in [6, 6.07) is 0. The first-order chi connectivity index (χ1) is 13.1. The first-order valence-electron chi connectivity index (χ1n) is 10.0. The van der Waals surface area contributed by atoms with Crippen molar-refractivity contribution in [3.63, 3.8) is 0 Å². The van der Waals surface area contributed by atoms with Crippen LogP contribution in [0.2, 0.25) is 0 Å². The van der Waals surface area contributed by atoms with Gasteiger partial charge in [0.15, 0.2) is 5.96 Å². The van der Waals surface area contributed by atoms with Crippen LogP contribution in [-0.2, 0) is 11.8 Å². The Morgan fingerprint density at radius 1 is 1.29 bits per heavy atom. The minimum atomic E-state index is 0. The number of aromatic nitrogens is 2. The molecule has 0 atom stereocenters. The van der Waals surface area contributed by atoms with Gasteiger partial charge in [0.05, 0.1) is 11.9 Å². The van der Waals surface area contributed by atoms with E-state index in [4.69, 9.17) is 0 Å². The summed E-state index contributed by atoms with van der Waals surface area (Å²) >= 11 is 0. The zero-order valence-corrected chi connectivity index (χ0v) is 19.6. The Balaban J connectivity index is 0.00000280. The summed E-state index contributed by atoms with van der Waals surface area (Å²) in [6.07, 6.45) is 7.35. The molecule has 28 heavy (non-hydrogen) atoms. The number of halogens is 1. The molecule has 1 N–H and O–H groups in total. The molecule has 0 bridgehead atoms. The Hall–Kier alpha value is -1.36. The molecule has 2 fully saturated rings. The number of nitrogens with zero attached hydrogens (tertiary/aromatic N) is 6. The number of likely N-dealkylation sites (tertiary alicyclic amines) is 1. The highest BCUT2D eigenvalue weighted by molar-refractivity contribution is 14.0. The number of anilines is 1. The zero-order chi connectivity index (χ0) is 19.2. The van der Waals surface area contributed by atoms with Crippen molar-refractivity contribution in [2.24, 2.45) is 18.0 Å². The van der Waals surface area contributed by atoms with Crippen molar-refractivity contribution in [1.82, 2.24) is 24.9 Å². The van der Waals surface area contributed by atoms with E-state index in [2.05, 4.69) is 27.2 Å². The number of piperazine rings is 1. The Labute approximate surface area is 185 Å². The molecular weight excluding hydrogens is 469 g/mol. The average molecular weight is 503 g/mol. The molecule has 3 rings (SSSR count). The van der Waals surface area contributed by atoms with Crippen LogP contribution in [0.3, 0.4) is 0 Å². The number of aliphatic imine (C=N–C) groups is 1. The summed E-state index contributed by atoms with van der Waals surface area (Å²) in [6.45, 7) is 8.57. The molecule has 0 unspecified atom stereocenters. The minimum Gasteiger partial charge on any atom is -0.356 e. The lowest BCUT2D eigenvalue weighted by molar-refractivity contribution is -0.120. The maximum Gasteiger partial charge on any atom is 0.246 e. The number of aryl methyl sites for hydroxylation is 1. The van der Waals surface area contributed by atoms with E-state index in [0.29, 0.717) is 13.1 Å². The van der Waals surface area contributed by atoms with Gasteiger partial charge in [-0.15, -0.1) is 24.0 Å². The molecule has 2 aliphatic rings. The second-order valence-corrected chi connectivity index (χ2v) is 7.69. The summed E-state index contributed by atoms with van der Waals surface area (Å²) < 4.78 is 1.72. The first-order valence-corrected chi connectivity index (χ1v) is 10.0. The molecule has 1 aromatic rings. The van der Waals surface area contributed by atoms with Gasteiger partial charge in [0, 0.05) is 39.9 Å². The van der Waals surface area contributed by atoms with Crippen molar-refractivity contribution in [2.45, 2.75) is 26.2 Å². The molecule has 3 heterocycles. The number of rotatable bonds is 5. The van der Waals surface area contributed by atoms with Crippen molar-refractivity contribution in [3.8, 4) is 0 Å². The third-order valence-corrected chi connectivity index (χ3v) is 5.55. The van der Waals surface area contributed by atoms with Gasteiger partial charge in [-0.25, -0.2) is 0 Å². The summed E-state index contributed by atoms with van der Waals surface area (Å²) in [5.74, 6) is 1.78. The maximum absolute atomic E-state index is 12.6. The third kappa shape index (κ3) is 6.07. The van der Waals surface area contributed by atoms with Crippen LogP contribution < -0.4 is 10.2 Å². The van der Waals surface area contributed by atoms with Crippen LogP contribution in [0, 0.1) is 5.92 Å². The fourth-order valence-electron chi connectivity index (χ4n) is 3.80. The van der Waals surface area contributed by atoms with Crippen molar-refractivity contribution < 1.29 is 4.79 Å². The van der Waals surface area contributed by atoms with Crippen LogP contribution in [0.15, 0.2) is 17.4 Å². The molecule has 9 heteroatoms. The summed E-state index contributed by atoms with van der Waals surface area (Å²) in [5.41, 5.74) is 0.862. The average Bonchev–Trinajstić information content (AvgIpc) is 3.09. The number of guanidine groups is 1. The number of hydrogen-bond acceptors (Lipinski definition) is 4. The van der Waals surface area contributed by atoms with Crippen molar-refractivity contribution >= 4 is 41.5 Å². The second-order valence-electron chi connectivity index (χ2n) is 7.69. The number of carbonyl (C=O) groups is 1. The van der Waals surface area contributed by atoms with Gasteiger partial charge in [0.1, 0.15) is 6.54 Å². The fourth-order valence-corrected chi connectivity index (χ4v) is 3.80. The molecule has 1 aromatic heterocycles. The molecule has 0 radical (unpaired) electrons. The van der Waals surface area contributed by atoms with Crippen LogP contribution in [0.25, 0.3) is 0 Å². The standard InChI is InChI=1S/C19H33N7O.HI/c1-16-5-9-24(10-6-16)8-4-7-21-19(20-2)25-11-12-26(18(27)15-25)17-13-22-23(3)14-17;/h13-14,16H,4-12,15H2,1-3H3,(H,20,21);1H. The van der Waals surface area contributed by atoms with Gasteiger partial charge in [-0.05, 0) is 44.8 Å².